The van der Waals surface area contributed by atoms with Crippen LogP contribution in [-0.2, 0) is 6.42 Å². The molecule has 1 nitrogen and oxygen atoms in total. The molecule has 1 aromatic rings. The molecule has 96 valence electrons. The number of benzene rings is 1. The Bertz CT molecular complexity index is 314. The fourth-order valence-corrected chi connectivity index (χ4v) is 2.42. The molecular formula is C15H24ClN. The summed E-state index contributed by atoms with van der Waals surface area (Å²) in [4.78, 5) is 0. The Morgan fingerprint density at radius 3 is 2.29 bits per heavy atom. The summed E-state index contributed by atoms with van der Waals surface area (Å²) < 4.78 is 0. The second-order valence-corrected chi connectivity index (χ2v) is 5.40. The van der Waals surface area contributed by atoms with E-state index in [9.17, 15) is 0 Å². The minimum atomic E-state index is 0.268. The second-order valence-electron chi connectivity index (χ2n) is 4.96. The monoisotopic (exact) mass is 253 g/mol. The van der Waals surface area contributed by atoms with Crippen LogP contribution in [-0.4, -0.2) is 6.54 Å². The molecule has 0 aliphatic carbocycles. The van der Waals surface area contributed by atoms with Gasteiger partial charge in [0, 0.05) is 5.02 Å². The summed E-state index contributed by atoms with van der Waals surface area (Å²) >= 11 is 5.91. The Balaban J connectivity index is 2.74. The standard InChI is InChI=1S/C15H24ClN/c1-3-5-10-15(4-2,12-17)11-13-6-8-14(16)9-7-13/h6-9H,3-5,10-12,17H2,1-2H3. The third kappa shape index (κ3) is 4.33. The van der Waals surface area contributed by atoms with Crippen LogP contribution in [0.3, 0.4) is 0 Å². The summed E-state index contributed by atoms with van der Waals surface area (Å²) in [5.74, 6) is 0. The SMILES string of the molecule is CCCCC(CC)(CN)Cc1ccc(Cl)cc1. The van der Waals surface area contributed by atoms with Crippen LogP contribution >= 0.6 is 11.6 Å². The zero-order valence-corrected chi connectivity index (χ0v) is 11.8. The quantitative estimate of drug-likeness (QED) is 0.765. The number of rotatable bonds is 7. The Labute approximate surface area is 110 Å². The number of hydrogen-bond donors (Lipinski definition) is 1. The molecule has 0 aliphatic rings. The predicted octanol–water partition coefficient (Wildman–Crippen LogP) is 4.43. The highest BCUT2D eigenvalue weighted by molar-refractivity contribution is 6.30. The molecule has 0 amide bonds. The lowest BCUT2D eigenvalue weighted by Gasteiger charge is -2.31. The van der Waals surface area contributed by atoms with Gasteiger partial charge in [0.1, 0.15) is 0 Å². The third-order valence-corrected chi connectivity index (χ3v) is 3.99. The highest BCUT2D eigenvalue weighted by Gasteiger charge is 2.26. The van der Waals surface area contributed by atoms with Crippen LogP contribution < -0.4 is 5.73 Å². The molecule has 0 heterocycles. The van der Waals surface area contributed by atoms with Gasteiger partial charge < -0.3 is 5.73 Å². The average Bonchev–Trinajstić information content (AvgIpc) is 2.37. The van der Waals surface area contributed by atoms with Crippen LogP contribution in [0, 0.1) is 5.41 Å². The zero-order chi connectivity index (χ0) is 12.7. The molecule has 0 radical (unpaired) electrons. The maximum Gasteiger partial charge on any atom is 0.0406 e. The van der Waals surface area contributed by atoms with E-state index in [-0.39, 0.29) is 5.41 Å². The molecule has 0 saturated carbocycles. The Kier molecular flexibility index (Phi) is 6.01. The summed E-state index contributed by atoms with van der Waals surface area (Å²) in [5.41, 5.74) is 7.62. The fraction of sp³-hybridized carbons (Fsp3) is 0.600. The molecule has 2 N–H and O–H groups in total. The first-order valence-electron chi connectivity index (χ1n) is 6.60. The van der Waals surface area contributed by atoms with Crippen molar-refractivity contribution in [3.8, 4) is 0 Å². The molecule has 0 aromatic heterocycles. The maximum atomic E-state index is 6.01. The third-order valence-electron chi connectivity index (χ3n) is 3.74. The average molecular weight is 254 g/mol. The zero-order valence-electron chi connectivity index (χ0n) is 11.0. The van der Waals surface area contributed by atoms with E-state index in [1.165, 1.54) is 24.8 Å². The normalized spacial score (nSPS) is 14.6. The molecule has 2 heteroatoms. The van der Waals surface area contributed by atoms with E-state index in [0.717, 1.165) is 24.4 Å². The van der Waals surface area contributed by atoms with Crippen LogP contribution in [0.4, 0.5) is 0 Å². The molecule has 0 aliphatic heterocycles. The summed E-state index contributed by atoms with van der Waals surface area (Å²) in [6.07, 6.45) is 5.93. The Hall–Kier alpha value is -0.530. The van der Waals surface area contributed by atoms with Crippen LogP contribution in [0.15, 0.2) is 24.3 Å². The van der Waals surface area contributed by atoms with E-state index in [2.05, 4.69) is 26.0 Å². The summed E-state index contributed by atoms with van der Waals surface area (Å²) in [6, 6.07) is 8.17. The smallest absolute Gasteiger partial charge is 0.0406 e. The van der Waals surface area contributed by atoms with Crippen molar-refractivity contribution in [3.05, 3.63) is 34.9 Å². The van der Waals surface area contributed by atoms with E-state index >= 15 is 0 Å². The van der Waals surface area contributed by atoms with Crippen molar-refractivity contribution < 1.29 is 0 Å². The van der Waals surface area contributed by atoms with Gasteiger partial charge in [0.05, 0.1) is 0 Å². The van der Waals surface area contributed by atoms with Crippen molar-refractivity contribution in [2.24, 2.45) is 11.1 Å². The molecule has 0 fully saturated rings. The highest BCUT2D eigenvalue weighted by atomic mass is 35.5. The Morgan fingerprint density at radius 1 is 1.18 bits per heavy atom. The van der Waals surface area contributed by atoms with Gasteiger partial charge in [-0.3, -0.25) is 0 Å². The van der Waals surface area contributed by atoms with Crippen LogP contribution in [0.25, 0.3) is 0 Å². The van der Waals surface area contributed by atoms with Crippen molar-refractivity contribution in [1.29, 1.82) is 0 Å². The van der Waals surface area contributed by atoms with Gasteiger partial charge in [0.25, 0.3) is 0 Å². The van der Waals surface area contributed by atoms with Crippen molar-refractivity contribution in [1.82, 2.24) is 0 Å². The lowest BCUT2D eigenvalue weighted by Crippen LogP contribution is -2.32. The Morgan fingerprint density at radius 2 is 1.82 bits per heavy atom. The number of unbranched alkanes of at least 4 members (excludes halogenated alkanes) is 1. The van der Waals surface area contributed by atoms with Crippen molar-refractivity contribution in [3.63, 3.8) is 0 Å². The fourth-order valence-electron chi connectivity index (χ4n) is 2.30. The molecule has 1 unspecified atom stereocenters. The second kappa shape index (κ2) is 7.03. The molecule has 0 bridgehead atoms. The van der Waals surface area contributed by atoms with Gasteiger partial charge in [-0.1, -0.05) is 50.4 Å². The number of hydrogen-bond acceptors (Lipinski definition) is 1. The molecule has 17 heavy (non-hydrogen) atoms. The van der Waals surface area contributed by atoms with Gasteiger partial charge >= 0.3 is 0 Å². The van der Waals surface area contributed by atoms with Gasteiger partial charge in [0.2, 0.25) is 0 Å². The lowest BCUT2D eigenvalue weighted by atomic mass is 9.75. The first-order valence-corrected chi connectivity index (χ1v) is 6.98. The predicted molar refractivity (Wildman–Crippen MR) is 76.5 cm³/mol. The van der Waals surface area contributed by atoms with E-state index in [1.54, 1.807) is 0 Å². The number of halogens is 1. The summed E-state index contributed by atoms with van der Waals surface area (Å²) in [5, 5.41) is 0.803. The van der Waals surface area contributed by atoms with Crippen LogP contribution in [0.2, 0.25) is 5.02 Å². The first-order chi connectivity index (χ1) is 8.15. The van der Waals surface area contributed by atoms with Crippen molar-refractivity contribution >= 4 is 11.6 Å². The van der Waals surface area contributed by atoms with Crippen molar-refractivity contribution in [2.75, 3.05) is 6.54 Å². The van der Waals surface area contributed by atoms with Gasteiger partial charge in [-0.2, -0.15) is 0 Å². The molecule has 1 atom stereocenters. The van der Waals surface area contributed by atoms with Gasteiger partial charge in [-0.25, -0.2) is 0 Å². The van der Waals surface area contributed by atoms with E-state index in [4.69, 9.17) is 17.3 Å². The lowest BCUT2D eigenvalue weighted by molar-refractivity contribution is 0.251. The van der Waals surface area contributed by atoms with E-state index in [0.29, 0.717) is 0 Å². The molecule has 0 saturated heterocycles. The maximum absolute atomic E-state index is 6.01. The largest absolute Gasteiger partial charge is 0.330 e. The van der Waals surface area contributed by atoms with Gasteiger partial charge in [-0.15, -0.1) is 0 Å². The highest BCUT2D eigenvalue weighted by Crippen LogP contribution is 2.32. The van der Waals surface area contributed by atoms with Gasteiger partial charge in [0.15, 0.2) is 0 Å². The molecule has 1 rings (SSSR count). The summed E-state index contributed by atoms with van der Waals surface area (Å²) in [7, 11) is 0. The summed E-state index contributed by atoms with van der Waals surface area (Å²) in [6.45, 7) is 5.25. The minimum Gasteiger partial charge on any atom is -0.330 e. The van der Waals surface area contributed by atoms with Crippen molar-refractivity contribution in [2.45, 2.75) is 46.0 Å². The first kappa shape index (κ1) is 14.5. The number of nitrogens with two attached hydrogens (primary N) is 1. The molecule has 0 spiro atoms. The molecular weight excluding hydrogens is 230 g/mol. The van der Waals surface area contributed by atoms with E-state index in [1.807, 2.05) is 12.1 Å². The molecule has 1 aromatic carbocycles. The van der Waals surface area contributed by atoms with Crippen LogP contribution in [0.5, 0.6) is 0 Å². The van der Waals surface area contributed by atoms with E-state index < -0.39 is 0 Å². The minimum absolute atomic E-state index is 0.268. The topological polar surface area (TPSA) is 26.0 Å². The van der Waals surface area contributed by atoms with Crippen LogP contribution in [0.1, 0.15) is 45.1 Å². The van der Waals surface area contributed by atoms with Gasteiger partial charge in [-0.05, 0) is 48.9 Å².